The second kappa shape index (κ2) is 6.99. The highest BCUT2D eigenvalue weighted by Crippen LogP contribution is 2.24. The highest BCUT2D eigenvalue weighted by molar-refractivity contribution is 9.10. The molecule has 0 heterocycles. The van der Waals surface area contributed by atoms with Crippen LogP contribution in [0.5, 0.6) is 0 Å². The third-order valence-electron chi connectivity index (χ3n) is 2.52. The largest absolute Gasteiger partial charge is 0.385 e. The molecule has 90 valence electrons. The molecule has 0 bridgehead atoms. The van der Waals surface area contributed by atoms with Crippen LogP contribution >= 0.6 is 15.9 Å². The van der Waals surface area contributed by atoms with Gasteiger partial charge in [-0.1, -0.05) is 15.9 Å². The van der Waals surface area contributed by atoms with E-state index < -0.39 is 0 Å². The van der Waals surface area contributed by atoms with Crippen molar-refractivity contribution in [3.05, 3.63) is 34.1 Å². The number of ether oxygens (including phenoxy) is 1. The van der Waals surface area contributed by atoms with Crippen LogP contribution in [0.4, 0.5) is 4.39 Å². The standard InChI is InChI=1S/C12H17BrFNO/c1-15-12(4-3-7-16-2)10-8-9(13)5-6-11(10)14/h5-6,8,12,15H,3-4,7H2,1-2H3. The Morgan fingerprint density at radius 1 is 1.50 bits per heavy atom. The van der Waals surface area contributed by atoms with Gasteiger partial charge in [-0.15, -0.1) is 0 Å². The van der Waals surface area contributed by atoms with Gasteiger partial charge < -0.3 is 10.1 Å². The second-order valence-corrected chi connectivity index (χ2v) is 4.56. The molecule has 0 aliphatic carbocycles. The van der Waals surface area contributed by atoms with Crippen molar-refractivity contribution in [1.29, 1.82) is 0 Å². The van der Waals surface area contributed by atoms with Crippen molar-refractivity contribution in [1.82, 2.24) is 5.32 Å². The molecule has 0 amide bonds. The van der Waals surface area contributed by atoms with Gasteiger partial charge in [0, 0.05) is 29.8 Å². The molecule has 4 heteroatoms. The summed E-state index contributed by atoms with van der Waals surface area (Å²) in [5.74, 6) is -0.167. The zero-order valence-electron chi connectivity index (χ0n) is 9.59. The summed E-state index contributed by atoms with van der Waals surface area (Å²) in [6.45, 7) is 0.702. The maximum absolute atomic E-state index is 13.6. The molecule has 0 aliphatic heterocycles. The topological polar surface area (TPSA) is 21.3 Å². The van der Waals surface area contributed by atoms with Crippen LogP contribution in [0.25, 0.3) is 0 Å². The molecular weight excluding hydrogens is 273 g/mol. The van der Waals surface area contributed by atoms with E-state index in [0.29, 0.717) is 12.2 Å². The number of methoxy groups -OCH3 is 1. The molecule has 16 heavy (non-hydrogen) atoms. The first-order chi connectivity index (χ1) is 7.69. The van der Waals surface area contributed by atoms with E-state index in [9.17, 15) is 4.39 Å². The number of rotatable bonds is 6. The SMILES string of the molecule is CNC(CCCOC)c1cc(Br)ccc1F. The maximum atomic E-state index is 13.6. The van der Waals surface area contributed by atoms with E-state index in [2.05, 4.69) is 21.2 Å². The number of halogens is 2. The summed E-state index contributed by atoms with van der Waals surface area (Å²) in [5.41, 5.74) is 0.702. The van der Waals surface area contributed by atoms with Gasteiger partial charge in [0.05, 0.1) is 0 Å². The number of hydrogen-bond acceptors (Lipinski definition) is 2. The summed E-state index contributed by atoms with van der Waals surface area (Å²) in [7, 11) is 3.52. The van der Waals surface area contributed by atoms with Gasteiger partial charge in [0.25, 0.3) is 0 Å². The lowest BCUT2D eigenvalue weighted by Gasteiger charge is -2.17. The lowest BCUT2D eigenvalue weighted by molar-refractivity contribution is 0.189. The van der Waals surface area contributed by atoms with Crippen LogP contribution in [-0.2, 0) is 4.74 Å². The smallest absolute Gasteiger partial charge is 0.128 e. The Morgan fingerprint density at radius 2 is 2.25 bits per heavy atom. The minimum Gasteiger partial charge on any atom is -0.385 e. The Labute approximate surface area is 104 Å². The lowest BCUT2D eigenvalue weighted by atomic mass is 10.0. The van der Waals surface area contributed by atoms with Crippen molar-refractivity contribution >= 4 is 15.9 Å². The number of nitrogens with one attached hydrogen (secondary N) is 1. The summed E-state index contributed by atoms with van der Waals surface area (Å²) >= 11 is 3.36. The first kappa shape index (κ1) is 13.6. The molecule has 0 spiro atoms. The van der Waals surface area contributed by atoms with Gasteiger partial charge in [0.1, 0.15) is 5.82 Å². The summed E-state index contributed by atoms with van der Waals surface area (Å²) in [5, 5.41) is 3.13. The normalized spacial score (nSPS) is 12.8. The minimum atomic E-state index is -0.167. The molecule has 1 aromatic carbocycles. The van der Waals surface area contributed by atoms with Crippen LogP contribution in [0.15, 0.2) is 22.7 Å². The third kappa shape index (κ3) is 3.85. The fourth-order valence-electron chi connectivity index (χ4n) is 1.67. The van der Waals surface area contributed by atoms with E-state index in [1.165, 1.54) is 6.07 Å². The Morgan fingerprint density at radius 3 is 2.88 bits per heavy atom. The fraction of sp³-hybridized carbons (Fsp3) is 0.500. The predicted molar refractivity (Wildman–Crippen MR) is 67.0 cm³/mol. The van der Waals surface area contributed by atoms with Gasteiger partial charge in [-0.05, 0) is 38.1 Å². The highest BCUT2D eigenvalue weighted by atomic mass is 79.9. The van der Waals surface area contributed by atoms with Crippen molar-refractivity contribution in [2.24, 2.45) is 0 Å². The van der Waals surface area contributed by atoms with Gasteiger partial charge in [0.15, 0.2) is 0 Å². The summed E-state index contributed by atoms with van der Waals surface area (Å²) in [6, 6.07) is 5.05. The molecule has 0 saturated heterocycles. The van der Waals surface area contributed by atoms with E-state index in [4.69, 9.17) is 4.74 Å². The fourth-order valence-corrected chi connectivity index (χ4v) is 2.05. The molecule has 0 saturated carbocycles. The van der Waals surface area contributed by atoms with Crippen molar-refractivity contribution in [3.8, 4) is 0 Å². The Kier molecular flexibility index (Phi) is 5.95. The average molecular weight is 290 g/mol. The first-order valence-corrected chi connectivity index (χ1v) is 6.09. The second-order valence-electron chi connectivity index (χ2n) is 3.64. The van der Waals surface area contributed by atoms with Crippen LogP contribution in [-0.4, -0.2) is 20.8 Å². The predicted octanol–water partition coefficient (Wildman–Crippen LogP) is 3.28. The molecule has 1 N–H and O–H groups in total. The van der Waals surface area contributed by atoms with Crippen LogP contribution in [0, 0.1) is 5.82 Å². The van der Waals surface area contributed by atoms with E-state index in [1.807, 2.05) is 13.1 Å². The van der Waals surface area contributed by atoms with Gasteiger partial charge >= 0.3 is 0 Å². The summed E-state index contributed by atoms with van der Waals surface area (Å²) in [4.78, 5) is 0. The molecule has 0 aliphatic rings. The van der Waals surface area contributed by atoms with Crippen molar-refractivity contribution in [3.63, 3.8) is 0 Å². The molecule has 2 nitrogen and oxygen atoms in total. The highest BCUT2D eigenvalue weighted by Gasteiger charge is 2.13. The molecule has 1 rings (SSSR count). The molecule has 0 fully saturated rings. The van der Waals surface area contributed by atoms with E-state index in [-0.39, 0.29) is 11.9 Å². The number of hydrogen-bond donors (Lipinski definition) is 1. The maximum Gasteiger partial charge on any atom is 0.128 e. The van der Waals surface area contributed by atoms with Gasteiger partial charge in [-0.2, -0.15) is 0 Å². The molecule has 0 aromatic heterocycles. The summed E-state index contributed by atoms with van der Waals surface area (Å²) < 4.78 is 19.5. The van der Waals surface area contributed by atoms with E-state index in [1.54, 1.807) is 13.2 Å². The van der Waals surface area contributed by atoms with Crippen molar-refractivity contribution in [2.75, 3.05) is 20.8 Å². The van der Waals surface area contributed by atoms with Crippen LogP contribution in [0.1, 0.15) is 24.4 Å². The van der Waals surface area contributed by atoms with Crippen LogP contribution in [0.2, 0.25) is 0 Å². The lowest BCUT2D eigenvalue weighted by Crippen LogP contribution is -2.18. The molecule has 1 aromatic rings. The monoisotopic (exact) mass is 289 g/mol. The van der Waals surface area contributed by atoms with Crippen LogP contribution in [0.3, 0.4) is 0 Å². The average Bonchev–Trinajstić information content (AvgIpc) is 2.28. The first-order valence-electron chi connectivity index (χ1n) is 5.30. The van der Waals surface area contributed by atoms with Crippen LogP contribution < -0.4 is 5.32 Å². The zero-order chi connectivity index (χ0) is 12.0. The van der Waals surface area contributed by atoms with Crippen molar-refractivity contribution in [2.45, 2.75) is 18.9 Å². The molecule has 0 radical (unpaired) electrons. The Balaban J connectivity index is 2.73. The van der Waals surface area contributed by atoms with Gasteiger partial charge in [0.2, 0.25) is 0 Å². The number of benzene rings is 1. The van der Waals surface area contributed by atoms with E-state index >= 15 is 0 Å². The van der Waals surface area contributed by atoms with Crippen molar-refractivity contribution < 1.29 is 9.13 Å². The Bertz CT molecular complexity index is 333. The molecular formula is C12H17BrFNO. The summed E-state index contributed by atoms with van der Waals surface area (Å²) in [6.07, 6.45) is 1.77. The zero-order valence-corrected chi connectivity index (χ0v) is 11.2. The molecule has 1 atom stereocenters. The third-order valence-corrected chi connectivity index (χ3v) is 3.02. The van der Waals surface area contributed by atoms with Gasteiger partial charge in [-0.3, -0.25) is 0 Å². The Hall–Kier alpha value is -0.450. The molecule has 1 unspecified atom stereocenters. The minimum absolute atomic E-state index is 0.0349. The van der Waals surface area contributed by atoms with E-state index in [0.717, 1.165) is 17.3 Å². The van der Waals surface area contributed by atoms with Gasteiger partial charge in [-0.25, -0.2) is 4.39 Å². The quantitative estimate of drug-likeness (QED) is 0.812.